The number of benzene rings is 2. The molecule has 0 bridgehead atoms. The zero-order chi connectivity index (χ0) is 21.3. The third-order valence-electron chi connectivity index (χ3n) is 5.75. The summed E-state index contributed by atoms with van der Waals surface area (Å²) >= 11 is 0. The fraction of sp³-hybridized carbons (Fsp3) is 0.391. The number of aryl methyl sites for hydroxylation is 2. The molecule has 4 rings (SSSR count). The van der Waals surface area contributed by atoms with Crippen LogP contribution in [0.25, 0.3) is 0 Å². The molecule has 7 heteroatoms. The number of ether oxygens (including phenoxy) is 3. The average molecular weight is 410 g/mol. The molecule has 0 N–H and O–H groups in total. The van der Waals surface area contributed by atoms with Gasteiger partial charge in [0, 0.05) is 31.7 Å². The van der Waals surface area contributed by atoms with Gasteiger partial charge in [0.15, 0.2) is 18.1 Å². The van der Waals surface area contributed by atoms with E-state index in [4.69, 9.17) is 14.2 Å². The minimum absolute atomic E-state index is 0.00123. The topological polar surface area (TPSA) is 68.3 Å². The summed E-state index contributed by atoms with van der Waals surface area (Å²) in [7, 11) is 0. The molecule has 0 radical (unpaired) electrons. The van der Waals surface area contributed by atoms with Crippen LogP contribution in [0.3, 0.4) is 0 Å². The number of rotatable bonds is 4. The first-order valence-electron chi connectivity index (χ1n) is 10.1. The monoisotopic (exact) mass is 410 g/mol. The van der Waals surface area contributed by atoms with Crippen LogP contribution >= 0.6 is 0 Å². The Hall–Kier alpha value is -3.22. The molecule has 2 aliphatic rings. The minimum atomic E-state index is -0.0670. The van der Waals surface area contributed by atoms with Gasteiger partial charge in [-0.25, -0.2) is 0 Å². The summed E-state index contributed by atoms with van der Waals surface area (Å²) in [5, 5.41) is 0. The molecule has 0 aliphatic carbocycles. The zero-order valence-corrected chi connectivity index (χ0v) is 17.6. The predicted octanol–water partition coefficient (Wildman–Crippen LogP) is 2.70. The van der Waals surface area contributed by atoms with Crippen molar-refractivity contribution in [1.82, 2.24) is 9.80 Å². The maximum atomic E-state index is 12.8. The van der Waals surface area contributed by atoms with Crippen molar-refractivity contribution in [2.75, 3.05) is 39.6 Å². The van der Waals surface area contributed by atoms with Gasteiger partial charge in [0.2, 0.25) is 6.79 Å². The lowest BCUT2D eigenvalue weighted by Crippen LogP contribution is -2.51. The van der Waals surface area contributed by atoms with Crippen LogP contribution in [0.15, 0.2) is 30.3 Å². The molecule has 1 fully saturated rings. The third-order valence-corrected chi connectivity index (χ3v) is 5.75. The van der Waals surface area contributed by atoms with Gasteiger partial charge in [-0.1, -0.05) is 12.1 Å². The Labute approximate surface area is 176 Å². The second-order valence-corrected chi connectivity index (χ2v) is 7.68. The first-order chi connectivity index (χ1) is 14.4. The number of carbonyl (C=O) groups is 2. The Kier molecular flexibility index (Phi) is 5.53. The van der Waals surface area contributed by atoms with Crippen molar-refractivity contribution in [1.29, 1.82) is 0 Å². The maximum Gasteiger partial charge on any atom is 0.260 e. The highest BCUT2D eigenvalue weighted by molar-refractivity contribution is 5.95. The number of carbonyl (C=O) groups excluding carboxylic acids is 2. The lowest BCUT2D eigenvalue weighted by Gasteiger charge is -2.34. The van der Waals surface area contributed by atoms with Crippen LogP contribution in [0.5, 0.6) is 17.2 Å². The molecule has 0 aromatic heterocycles. The van der Waals surface area contributed by atoms with E-state index in [2.05, 4.69) is 6.07 Å². The summed E-state index contributed by atoms with van der Waals surface area (Å²) in [5.74, 6) is 1.89. The Balaban J connectivity index is 1.31. The van der Waals surface area contributed by atoms with E-state index >= 15 is 0 Å². The van der Waals surface area contributed by atoms with E-state index in [1.54, 1.807) is 28.0 Å². The van der Waals surface area contributed by atoms with Gasteiger partial charge in [0.1, 0.15) is 5.75 Å². The van der Waals surface area contributed by atoms with Gasteiger partial charge in [0.25, 0.3) is 11.8 Å². The fourth-order valence-electron chi connectivity index (χ4n) is 3.74. The first-order valence-corrected chi connectivity index (χ1v) is 10.1. The molecule has 2 aliphatic heterocycles. The molecular weight excluding hydrogens is 384 g/mol. The first kappa shape index (κ1) is 20.1. The number of piperazine rings is 1. The van der Waals surface area contributed by atoms with E-state index in [1.165, 1.54) is 0 Å². The van der Waals surface area contributed by atoms with Crippen molar-refractivity contribution in [2.45, 2.75) is 20.8 Å². The summed E-state index contributed by atoms with van der Waals surface area (Å²) in [6.45, 7) is 8.14. The van der Waals surface area contributed by atoms with Crippen molar-refractivity contribution >= 4 is 11.8 Å². The van der Waals surface area contributed by atoms with Gasteiger partial charge in [0.05, 0.1) is 0 Å². The third kappa shape index (κ3) is 3.92. The van der Waals surface area contributed by atoms with Crippen LogP contribution < -0.4 is 14.2 Å². The van der Waals surface area contributed by atoms with E-state index in [0.29, 0.717) is 43.2 Å². The summed E-state index contributed by atoms with van der Waals surface area (Å²) in [4.78, 5) is 28.9. The summed E-state index contributed by atoms with van der Waals surface area (Å²) in [6, 6.07) is 9.26. The normalized spacial score (nSPS) is 15.3. The lowest BCUT2D eigenvalue weighted by atomic mass is 10.1. The highest BCUT2D eigenvalue weighted by atomic mass is 16.7. The Bertz CT molecular complexity index is 980. The molecule has 2 amide bonds. The molecule has 7 nitrogen and oxygen atoms in total. The Morgan fingerprint density at radius 1 is 0.900 bits per heavy atom. The average Bonchev–Trinajstić information content (AvgIpc) is 3.24. The van der Waals surface area contributed by atoms with E-state index in [1.807, 2.05) is 26.8 Å². The number of nitrogens with zero attached hydrogens (tertiary/aromatic N) is 2. The highest BCUT2D eigenvalue weighted by Gasteiger charge is 2.26. The van der Waals surface area contributed by atoms with Crippen molar-refractivity contribution in [3.8, 4) is 17.2 Å². The summed E-state index contributed by atoms with van der Waals surface area (Å²) < 4.78 is 16.5. The van der Waals surface area contributed by atoms with E-state index in [9.17, 15) is 9.59 Å². The van der Waals surface area contributed by atoms with Crippen LogP contribution in [0.4, 0.5) is 0 Å². The van der Waals surface area contributed by atoms with Crippen molar-refractivity contribution in [3.63, 3.8) is 0 Å². The quantitative estimate of drug-likeness (QED) is 0.775. The van der Waals surface area contributed by atoms with E-state index in [0.717, 1.165) is 22.4 Å². The second kappa shape index (κ2) is 8.26. The molecule has 2 aromatic rings. The second-order valence-electron chi connectivity index (χ2n) is 7.68. The molecule has 0 saturated carbocycles. The molecule has 0 atom stereocenters. The molecule has 30 heavy (non-hydrogen) atoms. The molecule has 0 spiro atoms. The molecule has 2 heterocycles. The SMILES string of the molecule is Cc1ccc(C)c(OCC(=O)N2CCN(C(=O)c3ccc4c(c3)OCO4)CC2)c1C. The van der Waals surface area contributed by atoms with E-state index < -0.39 is 0 Å². The van der Waals surface area contributed by atoms with Gasteiger partial charge in [-0.3, -0.25) is 9.59 Å². The van der Waals surface area contributed by atoms with Crippen LogP contribution in [0.2, 0.25) is 0 Å². The van der Waals surface area contributed by atoms with Gasteiger partial charge >= 0.3 is 0 Å². The number of hydrogen-bond donors (Lipinski definition) is 0. The molecule has 158 valence electrons. The smallest absolute Gasteiger partial charge is 0.260 e. The fourth-order valence-corrected chi connectivity index (χ4v) is 3.74. The van der Waals surface area contributed by atoms with Crippen molar-refractivity contribution < 1.29 is 23.8 Å². The Morgan fingerprint density at radius 2 is 1.57 bits per heavy atom. The van der Waals surface area contributed by atoms with Gasteiger partial charge in [-0.15, -0.1) is 0 Å². The summed E-state index contributed by atoms with van der Waals surface area (Å²) in [6.07, 6.45) is 0. The lowest BCUT2D eigenvalue weighted by molar-refractivity contribution is -0.134. The largest absolute Gasteiger partial charge is 0.483 e. The number of amides is 2. The van der Waals surface area contributed by atoms with Crippen molar-refractivity contribution in [2.24, 2.45) is 0 Å². The summed E-state index contributed by atoms with van der Waals surface area (Å²) in [5.41, 5.74) is 3.78. The zero-order valence-electron chi connectivity index (χ0n) is 17.6. The molecule has 2 aromatic carbocycles. The number of hydrogen-bond acceptors (Lipinski definition) is 5. The van der Waals surface area contributed by atoms with Crippen LogP contribution in [-0.2, 0) is 4.79 Å². The minimum Gasteiger partial charge on any atom is -0.483 e. The van der Waals surface area contributed by atoms with Crippen LogP contribution in [0.1, 0.15) is 27.0 Å². The van der Waals surface area contributed by atoms with Crippen molar-refractivity contribution in [3.05, 3.63) is 52.6 Å². The molecule has 1 saturated heterocycles. The Morgan fingerprint density at radius 3 is 2.33 bits per heavy atom. The van der Waals surface area contributed by atoms with Gasteiger partial charge < -0.3 is 24.0 Å². The number of fused-ring (bicyclic) bond motifs is 1. The predicted molar refractivity (Wildman–Crippen MR) is 111 cm³/mol. The standard InChI is InChI=1S/C23H26N2O5/c1-15-4-5-16(2)22(17(15)3)28-13-21(26)24-8-10-25(11-9-24)23(27)18-6-7-19-20(12-18)30-14-29-19/h4-7,12H,8-11,13-14H2,1-3H3. The molecular formula is C23H26N2O5. The maximum absolute atomic E-state index is 12.8. The van der Waals surface area contributed by atoms with Gasteiger partial charge in [-0.2, -0.15) is 0 Å². The van der Waals surface area contributed by atoms with Crippen LogP contribution in [-0.4, -0.2) is 61.2 Å². The van der Waals surface area contributed by atoms with Crippen LogP contribution in [0, 0.1) is 20.8 Å². The molecule has 0 unspecified atom stereocenters. The van der Waals surface area contributed by atoms with Gasteiger partial charge in [-0.05, 0) is 55.7 Å². The highest BCUT2D eigenvalue weighted by Crippen LogP contribution is 2.33. The van der Waals surface area contributed by atoms with E-state index in [-0.39, 0.29) is 25.2 Å².